The molecule has 0 bridgehead atoms. The minimum absolute atomic E-state index is 0.408. The lowest BCUT2D eigenvalue weighted by atomic mass is 9.88. The Morgan fingerprint density at radius 1 is 1.21 bits per heavy atom. The lowest BCUT2D eigenvalue weighted by Gasteiger charge is -2.28. The molecule has 0 fully saturated rings. The van der Waals surface area contributed by atoms with Crippen LogP contribution in [0.3, 0.4) is 0 Å². The van der Waals surface area contributed by atoms with Crippen LogP contribution in [-0.2, 0) is 18.5 Å². The summed E-state index contributed by atoms with van der Waals surface area (Å²) in [4.78, 5) is 9.10. The highest BCUT2D eigenvalue weighted by Crippen LogP contribution is 2.31. The Hall–Kier alpha value is -2.67. The van der Waals surface area contributed by atoms with E-state index in [1.165, 1.54) is 18.5 Å². The van der Waals surface area contributed by atoms with Crippen LogP contribution in [0.2, 0.25) is 0 Å². The van der Waals surface area contributed by atoms with Gasteiger partial charge in [0.15, 0.2) is 5.82 Å². The van der Waals surface area contributed by atoms with Gasteiger partial charge in [0, 0.05) is 36.1 Å². The number of nitrogens with two attached hydrogens (primary N) is 3. The number of fused-ring (bicyclic) bond motifs is 1. The average Bonchev–Trinajstić information content (AvgIpc) is 3.03. The Bertz CT molecular complexity index is 848. The van der Waals surface area contributed by atoms with Crippen molar-refractivity contribution in [2.75, 3.05) is 0 Å². The number of aryl methyl sites for hydroxylation is 1. The summed E-state index contributed by atoms with van der Waals surface area (Å²) >= 11 is 0. The van der Waals surface area contributed by atoms with Gasteiger partial charge < -0.3 is 17.2 Å². The maximum absolute atomic E-state index is 6.49. The predicted molar refractivity (Wildman–Crippen MR) is 91.2 cm³/mol. The molecule has 0 spiro atoms. The first-order valence-electron chi connectivity index (χ1n) is 8.18. The van der Waals surface area contributed by atoms with Crippen LogP contribution in [0.15, 0.2) is 42.0 Å². The van der Waals surface area contributed by atoms with Crippen molar-refractivity contribution in [1.29, 1.82) is 0 Å². The van der Waals surface area contributed by atoms with Crippen molar-refractivity contribution in [1.82, 2.24) is 19.7 Å². The topological polar surface area (TPSA) is 122 Å². The van der Waals surface area contributed by atoms with E-state index >= 15 is 0 Å². The number of rotatable bonds is 2. The second-order valence-electron chi connectivity index (χ2n) is 6.48. The van der Waals surface area contributed by atoms with Gasteiger partial charge in [-0.05, 0) is 31.4 Å². The minimum atomic E-state index is -0.837. The second-order valence-corrected chi connectivity index (χ2v) is 6.48. The van der Waals surface area contributed by atoms with Crippen LogP contribution in [0.5, 0.6) is 0 Å². The first kappa shape index (κ1) is 14.9. The van der Waals surface area contributed by atoms with Crippen LogP contribution in [0, 0.1) is 0 Å². The van der Waals surface area contributed by atoms with Crippen LogP contribution in [0.25, 0.3) is 11.3 Å². The zero-order valence-electron chi connectivity index (χ0n) is 13.4. The molecule has 24 heavy (non-hydrogen) atoms. The fourth-order valence-corrected chi connectivity index (χ4v) is 3.34. The smallest absolute Gasteiger partial charge is 0.153 e. The highest BCUT2D eigenvalue weighted by molar-refractivity contribution is 5.61. The Labute approximate surface area is 140 Å². The van der Waals surface area contributed by atoms with Gasteiger partial charge in [-0.25, -0.2) is 9.97 Å². The van der Waals surface area contributed by atoms with E-state index in [9.17, 15) is 0 Å². The zero-order chi connectivity index (χ0) is 16.7. The SMILES string of the molecule is NC1=C(N)CC(N)(c2nccc(-c3cnn4c3CCCC4)n2)C=C1. The first-order valence-corrected chi connectivity index (χ1v) is 8.18. The van der Waals surface area contributed by atoms with Crippen LogP contribution in [-0.4, -0.2) is 19.7 Å². The maximum atomic E-state index is 6.49. The fourth-order valence-electron chi connectivity index (χ4n) is 3.34. The van der Waals surface area contributed by atoms with Gasteiger partial charge in [0.05, 0.1) is 17.6 Å². The lowest BCUT2D eigenvalue weighted by Crippen LogP contribution is -2.40. The standard InChI is InChI=1S/C17H21N7/c18-12-4-6-17(20,9-13(12)19)16-21-7-5-14(23-16)11-10-22-24-8-2-1-3-15(11)24/h4-7,10H,1-3,8-9,18-20H2. The molecule has 0 radical (unpaired) electrons. The Morgan fingerprint density at radius 3 is 2.92 bits per heavy atom. The van der Waals surface area contributed by atoms with Crippen molar-refractivity contribution >= 4 is 0 Å². The van der Waals surface area contributed by atoms with E-state index < -0.39 is 5.54 Å². The van der Waals surface area contributed by atoms with Gasteiger partial charge in [-0.15, -0.1) is 0 Å². The van der Waals surface area contributed by atoms with Gasteiger partial charge in [-0.1, -0.05) is 6.08 Å². The molecule has 0 amide bonds. The third-order valence-corrected chi connectivity index (χ3v) is 4.74. The molecule has 0 saturated carbocycles. The van der Waals surface area contributed by atoms with E-state index in [1.54, 1.807) is 12.3 Å². The van der Waals surface area contributed by atoms with Gasteiger partial charge in [-0.3, -0.25) is 4.68 Å². The van der Waals surface area contributed by atoms with Crippen molar-refractivity contribution in [2.45, 2.75) is 37.8 Å². The summed E-state index contributed by atoms with van der Waals surface area (Å²) < 4.78 is 2.07. The molecule has 1 aliphatic heterocycles. The molecule has 1 aliphatic carbocycles. The van der Waals surface area contributed by atoms with E-state index in [0.29, 0.717) is 23.6 Å². The Kier molecular flexibility index (Phi) is 3.38. The van der Waals surface area contributed by atoms with E-state index in [1.807, 2.05) is 18.3 Å². The molecule has 0 saturated heterocycles. The molecule has 4 rings (SSSR count). The number of hydrogen-bond acceptors (Lipinski definition) is 6. The summed E-state index contributed by atoms with van der Waals surface area (Å²) in [6, 6.07) is 1.90. The summed E-state index contributed by atoms with van der Waals surface area (Å²) in [5, 5.41) is 4.48. The van der Waals surface area contributed by atoms with E-state index in [0.717, 1.165) is 24.2 Å². The fraction of sp³-hybridized carbons (Fsp3) is 0.353. The monoisotopic (exact) mass is 323 g/mol. The van der Waals surface area contributed by atoms with Crippen LogP contribution < -0.4 is 17.2 Å². The van der Waals surface area contributed by atoms with Gasteiger partial charge in [0.25, 0.3) is 0 Å². The van der Waals surface area contributed by atoms with Crippen molar-refractivity contribution < 1.29 is 0 Å². The van der Waals surface area contributed by atoms with Crippen molar-refractivity contribution in [3.8, 4) is 11.3 Å². The summed E-state index contributed by atoms with van der Waals surface area (Å²) in [5.74, 6) is 0.544. The number of nitrogens with zero attached hydrogens (tertiary/aromatic N) is 4. The van der Waals surface area contributed by atoms with Gasteiger partial charge in [-0.2, -0.15) is 5.10 Å². The van der Waals surface area contributed by atoms with Crippen molar-refractivity contribution in [2.24, 2.45) is 17.2 Å². The van der Waals surface area contributed by atoms with Gasteiger partial charge >= 0.3 is 0 Å². The Morgan fingerprint density at radius 2 is 2.08 bits per heavy atom. The third kappa shape index (κ3) is 2.37. The first-order chi connectivity index (χ1) is 11.6. The highest BCUT2D eigenvalue weighted by atomic mass is 15.3. The average molecular weight is 323 g/mol. The molecule has 2 aliphatic rings. The molecule has 1 unspecified atom stereocenters. The number of allylic oxidation sites excluding steroid dienone is 1. The minimum Gasteiger partial charge on any atom is -0.400 e. The van der Waals surface area contributed by atoms with Gasteiger partial charge in [0.1, 0.15) is 5.54 Å². The third-order valence-electron chi connectivity index (χ3n) is 4.74. The van der Waals surface area contributed by atoms with E-state index in [4.69, 9.17) is 22.2 Å². The Balaban J connectivity index is 1.73. The quantitative estimate of drug-likeness (QED) is 0.755. The molecule has 0 aromatic carbocycles. The summed E-state index contributed by atoms with van der Waals surface area (Å²) in [5.41, 5.74) is 21.7. The molecule has 1 atom stereocenters. The molecule has 7 heteroatoms. The summed E-state index contributed by atoms with van der Waals surface area (Å²) in [6.45, 7) is 0.970. The normalized spacial score (nSPS) is 23.4. The highest BCUT2D eigenvalue weighted by Gasteiger charge is 2.32. The molecule has 3 heterocycles. The predicted octanol–water partition coefficient (Wildman–Crippen LogP) is 0.919. The largest absolute Gasteiger partial charge is 0.400 e. The zero-order valence-corrected chi connectivity index (χ0v) is 13.4. The number of aromatic nitrogens is 4. The summed E-state index contributed by atoms with van der Waals surface area (Å²) in [6.07, 6.45) is 11.0. The van der Waals surface area contributed by atoms with E-state index in [2.05, 4.69) is 14.8 Å². The molecule has 2 aromatic rings. The lowest BCUT2D eigenvalue weighted by molar-refractivity contribution is 0.486. The van der Waals surface area contributed by atoms with Crippen molar-refractivity contribution in [3.63, 3.8) is 0 Å². The van der Waals surface area contributed by atoms with Gasteiger partial charge in [0.2, 0.25) is 0 Å². The van der Waals surface area contributed by atoms with Crippen LogP contribution in [0.4, 0.5) is 0 Å². The molecule has 2 aromatic heterocycles. The maximum Gasteiger partial charge on any atom is 0.153 e. The molecule has 124 valence electrons. The second kappa shape index (κ2) is 5.45. The molecular formula is C17H21N7. The van der Waals surface area contributed by atoms with E-state index in [-0.39, 0.29) is 0 Å². The number of hydrogen-bond donors (Lipinski definition) is 3. The molecule has 7 nitrogen and oxygen atoms in total. The van der Waals surface area contributed by atoms with Crippen LogP contribution in [0.1, 0.15) is 30.8 Å². The molecular weight excluding hydrogens is 302 g/mol. The molecule has 6 N–H and O–H groups in total. The summed E-state index contributed by atoms with van der Waals surface area (Å²) in [7, 11) is 0. The van der Waals surface area contributed by atoms with Crippen LogP contribution >= 0.6 is 0 Å². The van der Waals surface area contributed by atoms with Crippen molar-refractivity contribution in [3.05, 3.63) is 53.5 Å².